The Hall–Kier alpha value is -1.88. The highest BCUT2D eigenvalue weighted by Crippen LogP contribution is 2.20. The van der Waals surface area contributed by atoms with Crippen molar-refractivity contribution in [1.29, 1.82) is 0 Å². The molecule has 1 unspecified atom stereocenters. The standard InChI is InChI=1S/C13H14N2O2S/c1-8(12(14)18)6-15-13(16)10-7-17-11-5-3-2-4-9(10)11/h2-5,7-8H,6H2,1H3,(H2,14,18)(H,15,16). The summed E-state index contributed by atoms with van der Waals surface area (Å²) in [6.45, 7) is 2.30. The normalized spacial score (nSPS) is 12.3. The largest absolute Gasteiger partial charge is 0.463 e. The van der Waals surface area contributed by atoms with E-state index in [1.54, 1.807) is 0 Å². The molecule has 1 aromatic carbocycles. The number of hydrogen-bond acceptors (Lipinski definition) is 3. The topological polar surface area (TPSA) is 68.3 Å². The van der Waals surface area contributed by atoms with E-state index in [-0.39, 0.29) is 11.8 Å². The Balaban J connectivity index is 2.12. The van der Waals surface area contributed by atoms with E-state index >= 15 is 0 Å². The quantitative estimate of drug-likeness (QED) is 0.828. The van der Waals surface area contributed by atoms with E-state index in [9.17, 15) is 4.79 Å². The van der Waals surface area contributed by atoms with E-state index in [0.29, 0.717) is 22.7 Å². The third-order valence-corrected chi connectivity index (χ3v) is 3.18. The average Bonchev–Trinajstić information content (AvgIpc) is 2.79. The van der Waals surface area contributed by atoms with Gasteiger partial charge in [-0.2, -0.15) is 0 Å². The van der Waals surface area contributed by atoms with E-state index in [2.05, 4.69) is 5.32 Å². The summed E-state index contributed by atoms with van der Waals surface area (Å²) in [5.41, 5.74) is 6.72. The van der Waals surface area contributed by atoms with E-state index in [1.807, 2.05) is 31.2 Å². The second-order valence-electron chi connectivity index (χ2n) is 4.16. The van der Waals surface area contributed by atoms with Gasteiger partial charge >= 0.3 is 0 Å². The zero-order valence-corrected chi connectivity index (χ0v) is 10.8. The molecule has 0 bridgehead atoms. The molecular weight excluding hydrogens is 248 g/mol. The van der Waals surface area contributed by atoms with Crippen molar-refractivity contribution in [3.8, 4) is 0 Å². The van der Waals surface area contributed by atoms with Gasteiger partial charge in [-0.25, -0.2) is 0 Å². The molecule has 1 amide bonds. The minimum absolute atomic E-state index is 0.0258. The lowest BCUT2D eigenvalue weighted by atomic mass is 10.1. The minimum Gasteiger partial charge on any atom is -0.463 e. The van der Waals surface area contributed by atoms with Crippen molar-refractivity contribution in [3.63, 3.8) is 0 Å². The van der Waals surface area contributed by atoms with Crippen LogP contribution < -0.4 is 11.1 Å². The van der Waals surface area contributed by atoms with E-state index in [1.165, 1.54) is 6.26 Å². The number of furan rings is 1. The molecule has 1 aromatic heterocycles. The highest BCUT2D eigenvalue weighted by atomic mass is 32.1. The van der Waals surface area contributed by atoms with Crippen molar-refractivity contribution in [2.75, 3.05) is 6.54 Å². The van der Waals surface area contributed by atoms with Crippen molar-refractivity contribution in [3.05, 3.63) is 36.1 Å². The van der Waals surface area contributed by atoms with E-state index in [0.717, 1.165) is 5.39 Å². The van der Waals surface area contributed by atoms with E-state index in [4.69, 9.17) is 22.4 Å². The fraction of sp³-hybridized carbons (Fsp3) is 0.231. The number of nitrogens with one attached hydrogen (secondary N) is 1. The Labute approximate surface area is 110 Å². The summed E-state index contributed by atoms with van der Waals surface area (Å²) in [5.74, 6) is -0.204. The molecule has 0 spiro atoms. The van der Waals surface area contributed by atoms with Crippen molar-refractivity contribution < 1.29 is 9.21 Å². The zero-order valence-electron chi connectivity index (χ0n) is 9.97. The first kappa shape index (κ1) is 12.6. The molecule has 0 aliphatic carbocycles. The molecule has 0 saturated heterocycles. The van der Waals surface area contributed by atoms with Crippen LogP contribution in [0.3, 0.4) is 0 Å². The van der Waals surface area contributed by atoms with Gasteiger partial charge in [0.1, 0.15) is 11.8 Å². The third kappa shape index (κ3) is 2.51. The maximum absolute atomic E-state index is 12.0. The highest BCUT2D eigenvalue weighted by molar-refractivity contribution is 7.80. The van der Waals surface area contributed by atoms with E-state index < -0.39 is 0 Å². The first-order valence-electron chi connectivity index (χ1n) is 5.63. The molecule has 0 radical (unpaired) electrons. The molecule has 1 atom stereocenters. The zero-order chi connectivity index (χ0) is 13.1. The number of rotatable bonds is 4. The first-order valence-corrected chi connectivity index (χ1v) is 6.04. The van der Waals surface area contributed by atoms with Crippen LogP contribution in [0.5, 0.6) is 0 Å². The fourth-order valence-corrected chi connectivity index (χ4v) is 1.68. The lowest BCUT2D eigenvalue weighted by Crippen LogP contribution is -2.33. The van der Waals surface area contributed by atoms with Gasteiger partial charge in [0.25, 0.3) is 5.91 Å². The summed E-state index contributed by atoms with van der Waals surface area (Å²) in [6.07, 6.45) is 1.46. The molecule has 2 aromatic rings. The van der Waals surface area contributed by atoms with Crippen LogP contribution >= 0.6 is 12.2 Å². The number of nitrogens with two attached hydrogens (primary N) is 1. The average molecular weight is 262 g/mol. The molecule has 0 saturated carbocycles. The molecule has 0 aliphatic rings. The predicted octanol–water partition coefficient (Wildman–Crippen LogP) is 2.08. The number of amides is 1. The van der Waals surface area contributed by atoms with Gasteiger partial charge in [0, 0.05) is 17.8 Å². The fourth-order valence-electron chi connectivity index (χ4n) is 1.60. The van der Waals surface area contributed by atoms with Crippen molar-refractivity contribution in [2.45, 2.75) is 6.92 Å². The Bertz CT molecular complexity index is 591. The maximum atomic E-state index is 12.0. The van der Waals surface area contributed by atoms with Crippen LogP contribution in [-0.4, -0.2) is 17.4 Å². The van der Waals surface area contributed by atoms with Gasteiger partial charge in [0.15, 0.2) is 0 Å². The monoisotopic (exact) mass is 262 g/mol. The summed E-state index contributed by atoms with van der Waals surface area (Å²) < 4.78 is 5.31. The van der Waals surface area contributed by atoms with Gasteiger partial charge in [-0.3, -0.25) is 4.79 Å². The molecule has 0 fully saturated rings. The SMILES string of the molecule is CC(CNC(=O)c1coc2ccccc12)C(N)=S. The number of fused-ring (bicyclic) bond motifs is 1. The highest BCUT2D eigenvalue weighted by Gasteiger charge is 2.14. The number of carbonyl (C=O) groups is 1. The smallest absolute Gasteiger partial charge is 0.255 e. The predicted molar refractivity (Wildman–Crippen MR) is 74.5 cm³/mol. The Morgan fingerprint density at radius 3 is 2.94 bits per heavy atom. The summed E-state index contributed by atoms with van der Waals surface area (Å²) in [7, 11) is 0. The molecule has 2 rings (SSSR count). The summed E-state index contributed by atoms with van der Waals surface area (Å²) in [6, 6.07) is 7.41. The number of para-hydroxylation sites is 1. The van der Waals surface area contributed by atoms with Gasteiger partial charge in [0.05, 0.1) is 10.6 Å². The van der Waals surface area contributed by atoms with Gasteiger partial charge in [-0.1, -0.05) is 37.3 Å². The van der Waals surface area contributed by atoms with Crippen molar-refractivity contribution in [2.24, 2.45) is 11.7 Å². The van der Waals surface area contributed by atoms with Crippen molar-refractivity contribution >= 4 is 34.1 Å². The lowest BCUT2D eigenvalue weighted by molar-refractivity contribution is 0.0952. The molecule has 18 heavy (non-hydrogen) atoms. The molecular formula is C13H14N2O2S. The molecule has 94 valence electrons. The van der Waals surface area contributed by atoms with Gasteiger partial charge in [0.2, 0.25) is 0 Å². The molecule has 0 aliphatic heterocycles. The maximum Gasteiger partial charge on any atom is 0.255 e. The Morgan fingerprint density at radius 2 is 2.22 bits per heavy atom. The van der Waals surface area contributed by atoms with Crippen LogP contribution in [0, 0.1) is 5.92 Å². The summed E-state index contributed by atoms with van der Waals surface area (Å²) in [4.78, 5) is 12.4. The summed E-state index contributed by atoms with van der Waals surface area (Å²) in [5, 5.41) is 3.60. The number of carbonyl (C=O) groups excluding carboxylic acids is 1. The van der Waals surface area contributed by atoms with Crippen LogP contribution in [0.4, 0.5) is 0 Å². The van der Waals surface area contributed by atoms with Crippen LogP contribution in [-0.2, 0) is 0 Å². The summed E-state index contributed by atoms with van der Waals surface area (Å²) >= 11 is 4.86. The Kier molecular flexibility index (Phi) is 3.62. The van der Waals surface area contributed by atoms with Crippen molar-refractivity contribution in [1.82, 2.24) is 5.32 Å². The molecule has 1 heterocycles. The van der Waals surface area contributed by atoms with Crippen LogP contribution in [0.2, 0.25) is 0 Å². The Morgan fingerprint density at radius 1 is 1.50 bits per heavy atom. The van der Waals surface area contributed by atoms with Gasteiger partial charge < -0.3 is 15.5 Å². The molecule has 3 N–H and O–H groups in total. The second kappa shape index (κ2) is 5.18. The second-order valence-corrected chi connectivity index (χ2v) is 4.63. The van der Waals surface area contributed by atoms with Crippen LogP contribution in [0.1, 0.15) is 17.3 Å². The number of thiocarbonyl (C=S) groups is 1. The third-order valence-electron chi connectivity index (χ3n) is 2.78. The lowest BCUT2D eigenvalue weighted by Gasteiger charge is -2.10. The van der Waals surface area contributed by atoms with Gasteiger partial charge in [-0.05, 0) is 6.07 Å². The number of hydrogen-bond donors (Lipinski definition) is 2. The molecule has 4 nitrogen and oxygen atoms in total. The first-order chi connectivity index (χ1) is 8.59. The van der Waals surface area contributed by atoms with Crippen LogP contribution in [0.15, 0.2) is 34.9 Å². The number of benzene rings is 1. The van der Waals surface area contributed by atoms with Gasteiger partial charge in [-0.15, -0.1) is 0 Å². The minimum atomic E-state index is -0.178. The molecule has 5 heteroatoms. The van der Waals surface area contributed by atoms with Crippen LogP contribution in [0.25, 0.3) is 11.0 Å².